The lowest BCUT2D eigenvalue weighted by molar-refractivity contribution is 0.483. The molecule has 0 saturated heterocycles. The molecule has 0 unspecified atom stereocenters. The van der Waals surface area contributed by atoms with Crippen molar-refractivity contribution >= 4 is 50.6 Å². The zero-order chi connectivity index (χ0) is 48.0. The summed E-state index contributed by atoms with van der Waals surface area (Å²) in [6, 6.07) is 49.6. The normalized spacial score (nSPS) is 14.2. The van der Waals surface area contributed by atoms with Crippen LogP contribution in [-0.2, 0) is 21.7 Å². The number of hydrogen-bond acceptors (Lipinski definition) is 2. The molecule has 0 saturated carbocycles. The van der Waals surface area contributed by atoms with Gasteiger partial charge in [0, 0.05) is 57.0 Å². The van der Waals surface area contributed by atoms with Crippen molar-refractivity contribution in [1.29, 1.82) is 0 Å². The number of aromatic nitrogens is 2. The van der Waals surface area contributed by atoms with E-state index in [1.807, 2.05) is 63.9 Å². The third-order valence-electron chi connectivity index (χ3n) is 12.5. The third-order valence-corrected chi connectivity index (χ3v) is 12.5. The molecular weight excluding hydrogens is 781 g/mol. The van der Waals surface area contributed by atoms with E-state index in [0.29, 0.717) is 17.2 Å². The van der Waals surface area contributed by atoms with E-state index in [4.69, 9.17) is 13.8 Å². The number of nitrogens with zero attached hydrogens (tertiary/aromatic N) is 4. The molecule has 0 bridgehead atoms. The highest BCUT2D eigenvalue weighted by Crippen LogP contribution is 2.42. The molecule has 0 amide bonds. The molecule has 8 aromatic rings. The van der Waals surface area contributed by atoms with E-state index < -0.39 is 6.85 Å². The first kappa shape index (κ1) is 39.1. The summed E-state index contributed by atoms with van der Waals surface area (Å²) in [5.41, 5.74) is 12.4. The highest BCUT2D eigenvalue weighted by atomic mass is 16.5. The van der Waals surface area contributed by atoms with Crippen LogP contribution < -0.4 is 13.9 Å². The summed E-state index contributed by atoms with van der Waals surface area (Å²) in [7, 11) is 0. The zero-order valence-electron chi connectivity index (χ0n) is 42.5. The van der Waals surface area contributed by atoms with Gasteiger partial charge in [-0.25, -0.2) is 4.98 Å². The van der Waals surface area contributed by atoms with Crippen molar-refractivity contribution in [1.82, 2.24) is 18.7 Å². The number of pyridine rings is 1. The molecule has 0 atom stereocenters. The molecule has 3 heterocycles. The van der Waals surface area contributed by atoms with Gasteiger partial charge in [-0.05, 0) is 114 Å². The van der Waals surface area contributed by atoms with Crippen molar-refractivity contribution < 1.29 is 8.85 Å². The largest absolute Gasteiger partial charge is 0.503 e. The maximum atomic E-state index is 8.51. The SMILES string of the molecule is [2H]C([2H])([2H])c1cccc2c1[N+](c1cccc(C(C)(C)C)c1)=C=[N+]2c1cccc(Oc2ccc3c4cc(-c5cc(C(C)(C)C)cc(C(C)(C)C)c5)ccc4n(-c4cc(C(C)(C)C)ccn4)c3c2)c1. The molecule has 322 valence electrons. The maximum absolute atomic E-state index is 8.51. The van der Waals surface area contributed by atoms with Gasteiger partial charge in [-0.3, -0.25) is 4.57 Å². The number of para-hydroxylation sites is 1. The molecule has 0 spiro atoms. The predicted molar refractivity (Wildman–Crippen MR) is 271 cm³/mol. The van der Waals surface area contributed by atoms with E-state index in [2.05, 4.69) is 166 Å². The molecule has 9 rings (SSSR count). The van der Waals surface area contributed by atoms with Gasteiger partial charge in [0.05, 0.1) is 17.1 Å². The van der Waals surface area contributed by atoms with Gasteiger partial charge in [0.15, 0.2) is 0 Å². The number of rotatable bonds is 6. The molecule has 5 heteroatoms. The highest BCUT2D eigenvalue weighted by Gasteiger charge is 2.38. The van der Waals surface area contributed by atoms with Gasteiger partial charge in [0.2, 0.25) is 11.4 Å². The van der Waals surface area contributed by atoms with Crippen LogP contribution in [0.5, 0.6) is 11.5 Å². The Hall–Kier alpha value is -6.55. The number of benzene rings is 6. The Morgan fingerprint density at radius 1 is 0.516 bits per heavy atom. The maximum Gasteiger partial charge on any atom is 0.503 e. The van der Waals surface area contributed by atoms with Crippen LogP contribution in [0.25, 0.3) is 38.8 Å². The minimum absolute atomic E-state index is 0.00647. The standard InChI is InChI=1S/C59H62N4O/c1-38-17-14-22-52-55(38)62(45-19-15-18-41(33-45)56(2,3)4)37-61(52)46-20-16-21-47(35-46)64-48-24-25-49-50-31-39(40-29-43(58(8,9)10)32-44(30-40)59(11,12)13)23-26-51(50)63(53(49)36-48)54-34-42(27-28-60-54)57(5,6)7/h14-36H,1-13H3/q+2/i1D3. The number of fused-ring (bicyclic) bond motifs is 4. The number of hydrogen-bond donors (Lipinski definition) is 0. The highest BCUT2D eigenvalue weighted by molar-refractivity contribution is 6.10. The summed E-state index contributed by atoms with van der Waals surface area (Å²) >= 11 is 0. The Morgan fingerprint density at radius 2 is 1.16 bits per heavy atom. The average Bonchev–Trinajstić information content (AvgIpc) is 3.81. The molecule has 6 aromatic carbocycles. The summed E-state index contributed by atoms with van der Waals surface area (Å²) in [5, 5.41) is 2.23. The molecule has 0 N–H and O–H groups in total. The molecule has 2 aromatic heterocycles. The van der Waals surface area contributed by atoms with E-state index in [1.165, 1.54) is 27.8 Å². The summed E-state index contributed by atoms with van der Waals surface area (Å²) in [6.07, 6.45) is 1.91. The Balaban J connectivity index is 1.18. The lowest BCUT2D eigenvalue weighted by atomic mass is 9.79. The molecule has 0 fully saturated rings. The van der Waals surface area contributed by atoms with Crippen LogP contribution in [0.3, 0.4) is 0 Å². The van der Waals surface area contributed by atoms with Crippen LogP contribution in [0, 0.1) is 6.85 Å². The second-order valence-electron chi connectivity index (χ2n) is 21.5. The van der Waals surface area contributed by atoms with E-state index >= 15 is 0 Å². The molecule has 5 nitrogen and oxygen atoms in total. The van der Waals surface area contributed by atoms with Crippen LogP contribution in [-0.4, -0.2) is 15.6 Å². The second kappa shape index (κ2) is 15.3. The van der Waals surface area contributed by atoms with Gasteiger partial charge in [-0.1, -0.05) is 138 Å². The summed E-state index contributed by atoms with van der Waals surface area (Å²) in [5.74, 6) is 2.15. The predicted octanol–water partition coefficient (Wildman–Crippen LogP) is 16.0. The van der Waals surface area contributed by atoms with Crippen molar-refractivity contribution in [3.8, 4) is 28.4 Å². The first-order chi connectivity index (χ1) is 31.3. The van der Waals surface area contributed by atoms with Gasteiger partial charge in [0.25, 0.3) is 5.69 Å². The molecule has 64 heavy (non-hydrogen) atoms. The van der Waals surface area contributed by atoms with Gasteiger partial charge in [-0.15, -0.1) is 0 Å². The lowest BCUT2D eigenvalue weighted by Crippen LogP contribution is -2.16. The van der Waals surface area contributed by atoms with E-state index in [0.717, 1.165) is 50.2 Å². The second-order valence-corrected chi connectivity index (χ2v) is 21.5. The quantitative estimate of drug-likeness (QED) is 0.156. The minimum Gasteiger partial charge on any atom is -0.457 e. The molecule has 0 aliphatic carbocycles. The molecule has 0 radical (unpaired) electrons. The van der Waals surface area contributed by atoms with Crippen LogP contribution in [0.1, 0.15) is 115 Å². The third kappa shape index (κ3) is 7.99. The Labute approximate surface area is 384 Å². The van der Waals surface area contributed by atoms with Gasteiger partial charge in [-0.2, -0.15) is 0 Å². The van der Waals surface area contributed by atoms with Crippen molar-refractivity contribution in [2.24, 2.45) is 0 Å². The van der Waals surface area contributed by atoms with Gasteiger partial charge >= 0.3 is 11.7 Å². The van der Waals surface area contributed by atoms with Crippen molar-refractivity contribution in [2.75, 3.05) is 0 Å². The smallest absolute Gasteiger partial charge is 0.457 e. The molecule has 1 aliphatic heterocycles. The van der Waals surface area contributed by atoms with Gasteiger partial charge < -0.3 is 4.74 Å². The molecule has 1 aliphatic rings. The zero-order valence-corrected chi connectivity index (χ0v) is 39.5. The topological polar surface area (TPSA) is 33.1 Å². The monoisotopic (exact) mass is 846 g/mol. The van der Waals surface area contributed by atoms with E-state index in [-0.39, 0.29) is 27.2 Å². The van der Waals surface area contributed by atoms with Crippen LogP contribution in [0.4, 0.5) is 22.7 Å². The first-order valence-electron chi connectivity index (χ1n) is 23.9. The van der Waals surface area contributed by atoms with E-state index in [1.54, 1.807) is 12.1 Å². The fourth-order valence-corrected chi connectivity index (χ4v) is 8.63. The summed E-state index contributed by atoms with van der Waals surface area (Å²) in [6.45, 7) is 24.6. The van der Waals surface area contributed by atoms with Crippen molar-refractivity contribution in [2.45, 2.75) is 112 Å². The molecular formula is C59H62N4O+2. The first-order valence-corrected chi connectivity index (χ1v) is 22.4. The average molecular weight is 846 g/mol. The fourth-order valence-electron chi connectivity index (χ4n) is 8.63. The number of ether oxygens (including phenoxy) is 1. The Morgan fingerprint density at radius 3 is 1.84 bits per heavy atom. The summed E-state index contributed by atoms with van der Waals surface area (Å²) in [4.78, 5) is 4.98. The summed E-state index contributed by atoms with van der Waals surface area (Å²) < 4.78 is 38.4. The van der Waals surface area contributed by atoms with Gasteiger partial charge in [0.1, 0.15) is 17.3 Å². The Bertz CT molecular complexity index is 3300. The minimum atomic E-state index is -2.34. The van der Waals surface area contributed by atoms with Crippen LogP contribution >= 0.6 is 0 Å². The number of aryl methyl sites for hydroxylation is 1. The van der Waals surface area contributed by atoms with Crippen LogP contribution in [0.2, 0.25) is 0 Å². The Kier molecular flexibility index (Phi) is 9.35. The van der Waals surface area contributed by atoms with Crippen molar-refractivity contribution in [3.63, 3.8) is 0 Å². The van der Waals surface area contributed by atoms with Crippen LogP contribution in [0.15, 0.2) is 140 Å². The van der Waals surface area contributed by atoms with E-state index in [9.17, 15) is 0 Å². The lowest BCUT2D eigenvalue weighted by Gasteiger charge is -2.26. The van der Waals surface area contributed by atoms with Crippen molar-refractivity contribution in [3.05, 3.63) is 167 Å². The fraction of sp³-hybridized carbons (Fsp3) is 0.288.